The summed E-state index contributed by atoms with van der Waals surface area (Å²) in [4.78, 5) is 2.83. The number of rotatable bonds is 3. The molecule has 1 aromatic carbocycles. The van der Waals surface area contributed by atoms with Gasteiger partial charge >= 0.3 is 0 Å². The maximum Gasteiger partial charge on any atom is 0.0484 e. The number of allylic oxidation sites excluding steroid dienone is 2. The van der Waals surface area contributed by atoms with Crippen LogP contribution in [0.2, 0.25) is 5.02 Å². The highest BCUT2D eigenvalue weighted by atomic mass is 35.5. The van der Waals surface area contributed by atoms with Crippen molar-refractivity contribution in [3.05, 3.63) is 38.8 Å². The Labute approximate surface area is 142 Å². The van der Waals surface area contributed by atoms with Crippen molar-refractivity contribution in [1.82, 2.24) is 0 Å². The Morgan fingerprint density at radius 2 is 1.71 bits per heavy atom. The molecule has 0 heterocycles. The molecular weight excluding hydrogens is 316 g/mol. The second kappa shape index (κ2) is 6.22. The van der Waals surface area contributed by atoms with Crippen LogP contribution in [0.4, 0.5) is 0 Å². The van der Waals surface area contributed by atoms with Gasteiger partial charge in [-0.25, -0.2) is 0 Å². The maximum absolute atomic E-state index is 6.63. The van der Waals surface area contributed by atoms with E-state index in [0.29, 0.717) is 5.92 Å². The van der Waals surface area contributed by atoms with Gasteiger partial charge in [-0.15, -0.1) is 0 Å². The Morgan fingerprint density at radius 3 is 2.19 bits per heavy atom. The monoisotopic (exact) mass is 340 g/mol. The van der Waals surface area contributed by atoms with Crippen molar-refractivity contribution in [2.75, 3.05) is 0 Å². The summed E-state index contributed by atoms with van der Waals surface area (Å²) in [6.45, 7) is 15.6. The van der Waals surface area contributed by atoms with Crippen LogP contribution in [0.3, 0.4) is 0 Å². The van der Waals surface area contributed by atoms with E-state index in [0.717, 1.165) is 10.9 Å². The molecule has 0 radical (unpaired) electrons. The normalized spacial score (nSPS) is 22.0. The van der Waals surface area contributed by atoms with Gasteiger partial charge < -0.3 is 0 Å². The predicted octanol–water partition coefficient (Wildman–Crippen LogP) is 7.16. The Balaban J connectivity index is 2.26. The summed E-state index contributed by atoms with van der Waals surface area (Å²) in [7, 11) is 3.76. The topological polar surface area (TPSA) is 0 Å². The molecule has 0 fully saturated rings. The minimum atomic E-state index is 0.0867. The van der Waals surface area contributed by atoms with Crippen LogP contribution in [-0.2, 0) is 5.41 Å². The molecule has 0 aliphatic heterocycles. The van der Waals surface area contributed by atoms with Crippen LogP contribution in [-0.4, -0.2) is 0 Å². The lowest BCUT2D eigenvalue weighted by Crippen LogP contribution is -2.16. The molecule has 1 aliphatic rings. The van der Waals surface area contributed by atoms with Gasteiger partial charge in [0.15, 0.2) is 0 Å². The average molecular weight is 341 g/mol. The van der Waals surface area contributed by atoms with E-state index in [1.165, 1.54) is 26.5 Å². The fourth-order valence-corrected chi connectivity index (χ4v) is 6.16. The third kappa shape index (κ3) is 3.48. The lowest BCUT2D eigenvalue weighted by atomic mass is 9.85. The van der Waals surface area contributed by atoms with Crippen molar-refractivity contribution in [1.29, 1.82) is 0 Å². The summed E-state index contributed by atoms with van der Waals surface area (Å²) in [5.41, 5.74) is 3.89. The van der Waals surface area contributed by atoms with E-state index in [1.807, 2.05) is 21.6 Å². The van der Waals surface area contributed by atoms with Crippen LogP contribution in [0, 0.1) is 25.7 Å². The summed E-state index contributed by atoms with van der Waals surface area (Å²) >= 11 is 6.63. The number of halogens is 1. The van der Waals surface area contributed by atoms with E-state index in [-0.39, 0.29) is 5.41 Å². The molecule has 0 N–H and O–H groups in total. The first-order chi connectivity index (χ1) is 9.62. The molecule has 21 heavy (non-hydrogen) atoms. The quantitative estimate of drug-likeness (QED) is 0.535. The van der Waals surface area contributed by atoms with E-state index in [9.17, 15) is 0 Å². The van der Waals surface area contributed by atoms with Crippen molar-refractivity contribution in [2.45, 2.75) is 58.8 Å². The van der Waals surface area contributed by atoms with E-state index >= 15 is 0 Å². The zero-order valence-corrected chi connectivity index (χ0v) is 16.4. The zero-order valence-electron chi connectivity index (χ0n) is 14.0. The van der Waals surface area contributed by atoms with Gasteiger partial charge in [0.1, 0.15) is 0 Å². The molecule has 0 spiro atoms. The van der Waals surface area contributed by atoms with Gasteiger partial charge in [0, 0.05) is 9.92 Å². The van der Waals surface area contributed by atoms with Crippen molar-refractivity contribution in [2.24, 2.45) is 11.8 Å². The first kappa shape index (κ1) is 17.3. The lowest BCUT2D eigenvalue weighted by Gasteiger charge is -2.30. The smallest absolute Gasteiger partial charge is 0.0484 e. The molecule has 2 rings (SSSR count). The molecule has 0 amide bonds. The fraction of sp³-hybridized carbons (Fsp3) is 0.556. The van der Waals surface area contributed by atoms with Crippen LogP contribution in [0.25, 0.3) is 0 Å². The van der Waals surface area contributed by atoms with Crippen LogP contribution >= 0.6 is 33.2 Å². The Kier molecular flexibility index (Phi) is 5.12. The molecule has 1 aliphatic carbocycles. The van der Waals surface area contributed by atoms with Crippen LogP contribution in [0.1, 0.15) is 51.3 Å². The Hall–Kier alpha value is -0.0500. The van der Waals surface area contributed by atoms with Gasteiger partial charge in [-0.3, -0.25) is 0 Å². The fourth-order valence-electron chi connectivity index (χ4n) is 2.51. The van der Waals surface area contributed by atoms with Crippen LogP contribution in [0.15, 0.2) is 21.9 Å². The first-order valence-electron chi connectivity index (χ1n) is 7.49. The van der Waals surface area contributed by atoms with E-state index in [2.05, 4.69) is 60.6 Å². The number of hydrogen-bond donors (Lipinski definition) is 0. The van der Waals surface area contributed by atoms with Gasteiger partial charge in [0.05, 0.1) is 0 Å². The van der Waals surface area contributed by atoms with E-state index in [4.69, 9.17) is 11.6 Å². The van der Waals surface area contributed by atoms with E-state index in [1.54, 1.807) is 0 Å². The Bertz CT molecular complexity index is 582. The average Bonchev–Trinajstić information content (AvgIpc) is 2.39. The number of hydrogen-bond acceptors (Lipinski definition) is 2. The van der Waals surface area contributed by atoms with Gasteiger partial charge in [0.2, 0.25) is 0 Å². The van der Waals surface area contributed by atoms with Gasteiger partial charge in [-0.1, -0.05) is 79.9 Å². The minimum Gasteiger partial charge on any atom is -0.0837 e. The van der Waals surface area contributed by atoms with Crippen molar-refractivity contribution in [3.8, 4) is 0 Å². The second-order valence-corrected chi connectivity index (χ2v) is 9.73. The molecule has 2 atom stereocenters. The summed E-state index contributed by atoms with van der Waals surface area (Å²) < 4.78 is 0. The van der Waals surface area contributed by atoms with Gasteiger partial charge in [0.25, 0.3) is 0 Å². The summed E-state index contributed by atoms with van der Waals surface area (Å²) in [6.07, 6.45) is 2.37. The molecule has 1 unspecified atom stereocenters. The summed E-state index contributed by atoms with van der Waals surface area (Å²) in [6, 6.07) is 2.26. The lowest BCUT2D eigenvalue weighted by molar-refractivity contribution is 0.491. The molecular formula is C18H25ClS2. The largest absolute Gasteiger partial charge is 0.0837 e. The maximum atomic E-state index is 6.63. The minimum absolute atomic E-state index is 0.0867. The second-order valence-electron chi connectivity index (χ2n) is 7.14. The highest BCUT2D eigenvalue weighted by Crippen LogP contribution is 2.50. The van der Waals surface area contributed by atoms with Crippen molar-refractivity contribution in [3.63, 3.8) is 0 Å². The molecule has 0 saturated carbocycles. The van der Waals surface area contributed by atoms with Crippen LogP contribution in [0.5, 0.6) is 0 Å². The summed E-state index contributed by atoms with van der Waals surface area (Å²) in [5, 5.41) is 0.931. The summed E-state index contributed by atoms with van der Waals surface area (Å²) in [5.74, 6) is 1.43. The molecule has 0 bridgehead atoms. The van der Waals surface area contributed by atoms with Gasteiger partial charge in [-0.2, -0.15) is 0 Å². The van der Waals surface area contributed by atoms with E-state index < -0.39 is 0 Å². The third-order valence-corrected chi connectivity index (χ3v) is 7.71. The molecule has 116 valence electrons. The highest BCUT2D eigenvalue weighted by molar-refractivity contribution is 8.78. The highest BCUT2D eigenvalue weighted by Gasteiger charge is 2.26. The third-order valence-electron chi connectivity index (χ3n) is 4.32. The molecule has 1 aromatic rings. The van der Waals surface area contributed by atoms with Crippen molar-refractivity contribution >= 4 is 33.2 Å². The molecule has 0 saturated heterocycles. The van der Waals surface area contributed by atoms with Crippen LogP contribution < -0.4 is 0 Å². The molecule has 0 nitrogen and oxygen atoms in total. The standard InChI is InChI=1S/C18H25ClS2/c1-10-9-15(12(10)3)20-21-17-11(2)8-14(18(5,6)7)16(19)13(17)4/h8-10,12H,1-7H3/t10?,12-/m1/s1. The molecule has 0 aromatic heterocycles. The zero-order chi connectivity index (χ0) is 15.9. The first-order valence-corrected chi connectivity index (χ1v) is 10.0. The number of aryl methyl sites for hydroxylation is 1. The number of benzene rings is 1. The van der Waals surface area contributed by atoms with Crippen molar-refractivity contribution < 1.29 is 0 Å². The SMILES string of the molecule is Cc1cc(C(C)(C)C)c(Cl)c(C)c1SSC1=CC(C)[C@H]1C. The molecule has 3 heteroatoms. The Morgan fingerprint density at radius 1 is 1.10 bits per heavy atom. The predicted molar refractivity (Wildman–Crippen MR) is 99.5 cm³/mol. The van der Waals surface area contributed by atoms with Gasteiger partial charge in [-0.05, 0) is 52.7 Å².